The van der Waals surface area contributed by atoms with E-state index in [0.717, 1.165) is 12.8 Å². The normalized spacial score (nSPS) is 17.5. The molecule has 0 radical (unpaired) electrons. The van der Waals surface area contributed by atoms with Crippen molar-refractivity contribution in [2.45, 2.75) is 38.1 Å². The van der Waals surface area contributed by atoms with Crippen LogP contribution in [0.25, 0.3) is 0 Å². The summed E-state index contributed by atoms with van der Waals surface area (Å²) in [7, 11) is 0. The van der Waals surface area contributed by atoms with Crippen molar-refractivity contribution in [3.05, 3.63) is 0 Å². The van der Waals surface area contributed by atoms with Gasteiger partial charge in [0, 0.05) is 0 Å². The Hall–Kier alpha value is -0.970. The van der Waals surface area contributed by atoms with E-state index in [4.69, 9.17) is 21.1 Å². The van der Waals surface area contributed by atoms with E-state index in [9.17, 15) is 9.59 Å². The molecule has 0 saturated heterocycles. The van der Waals surface area contributed by atoms with Gasteiger partial charge in [0.25, 0.3) is 0 Å². The Kier molecular flexibility index (Phi) is 5.55. The van der Waals surface area contributed by atoms with Crippen LogP contribution in [0, 0.1) is 0 Å². The van der Waals surface area contributed by atoms with Crippen molar-refractivity contribution in [1.29, 1.82) is 0 Å². The Labute approximate surface area is 106 Å². The predicted octanol–water partition coefficient (Wildman–Crippen LogP) is 1.83. The molecule has 6 heteroatoms. The lowest BCUT2D eigenvalue weighted by atomic mass is 9.98. The van der Waals surface area contributed by atoms with E-state index in [1.807, 2.05) is 0 Å². The van der Waals surface area contributed by atoms with Crippen LogP contribution in [0.3, 0.4) is 0 Å². The summed E-state index contributed by atoms with van der Waals surface area (Å²) in [6, 6.07) is 0. The van der Waals surface area contributed by atoms with Gasteiger partial charge >= 0.3 is 12.1 Å². The van der Waals surface area contributed by atoms with Crippen molar-refractivity contribution in [3.63, 3.8) is 0 Å². The summed E-state index contributed by atoms with van der Waals surface area (Å²) < 4.78 is 9.82. The first kappa shape index (κ1) is 14.1. The van der Waals surface area contributed by atoms with Crippen molar-refractivity contribution in [2.75, 3.05) is 19.1 Å². The molecular weight excluding hydrogens is 246 g/mol. The van der Waals surface area contributed by atoms with E-state index in [1.54, 1.807) is 6.92 Å². The molecule has 17 heavy (non-hydrogen) atoms. The maximum absolute atomic E-state index is 11.9. The molecule has 1 rings (SSSR count). The summed E-state index contributed by atoms with van der Waals surface area (Å²) in [6.07, 6.45) is 2.38. The van der Waals surface area contributed by atoms with E-state index in [-0.39, 0.29) is 18.5 Å². The van der Waals surface area contributed by atoms with Gasteiger partial charge in [0.15, 0.2) is 0 Å². The number of hydrogen-bond donors (Lipinski definition) is 1. The molecule has 1 fully saturated rings. The van der Waals surface area contributed by atoms with E-state index < -0.39 is 11.6 Å². The number of rotatable bonds is 5. The van der Waals surface area contributed by atoms with Crippen molar-refractivity contribution < 1.29 is 19.1 Å². The fourth-order valence-electron chi connectivity index (χ4n) is 1.99. The second-order valence-electron chi connectivity index (χ2n) is 3.96. The van der Waals surface area contributed by atoms with Crippen molar-refractivity contribution in [3.8, 4) is 0 Å². The first-order chi connectivity index (χ1) is 8.14. The summed E-state index contributed by atoms with van der Waals surface area (Å²) in [4.78, 5) is 23.3. The Morgan fingerprint density at radius 1 is 1.29 bits per heavy atom. The van der Waals surface area contributed by atoms with Crippen molar-refractivity contribution in [2.24, 2.45) is 0 Å². The Balaban J connectivity index is 2.59. The molecule has 1 saturated carbocycles. The minimum absolute atomic E-state index is 0.131. The third-order valence-electron chi connectivity index (χ3n) is 2.77. The van der Waals surface area contributed by atoms with Crippen LogP contribution in [-0.4, -0.2) is 36.7 Å². The molecule has 0 aliphatic heterocycles. The molecule has 0 aromatic heterocycles. The molecular formula is C11H18ClNO4. The molecule has 1 aliphatic carbocycles. The summed E-state index contributed by atoms with van der Waals surface area (Å²) in [5.41, 5.74) is -0.903. The first-order valence-corrected chi connectivity index (χ1v) is 6.36. The number of alkyl carbamates (subject to hydrolysis) is 1. The zero-order valence-electron chi connectivity index (χ0n) is 9.96. The van der Waals surface area contributed by atoms with Crippen molar-refractivity contribution >= 4 is 23.7 Å². The average Bonchev–Trinajstić information content (AvgIpc) is 2.76. The van der Waals surface area contributed by atoms with E-state index >= 15 is 0 Å². The highest BCUT2D eigenvalue weighted by atomic mass is 35.5. The standard InChI is InChI=1S/C11H18ClNO4/c1-2-16-9(14)11(5-3-4-6-11)13-10(15)17-8-7-12/h2-8H2,1H3,(H,13,15). The van der Waals surface area contributed by atoms with E-state index in [0.29, 0.717) is 19.4 Å². The Bertz CT molecular complexity index is 277. The molecule has 0 unspecified atom stereocenters. The van der Waals surface area contributed by atoms with Gasteiger partial charge in [-0.1, -0.05) is 12.8 Å². The number of amides is 1. The summed E-state index contributed by atoms with van der Waals surface area (Å²) in [6.45, 7) is 2.18. The summed E-state index contributed by atoms with van der Waals surface area (Å²) in [5.74, 6) is -0.139. The van der Waals surface area contributed by atoms with Crippen LogP contribution >= 0.6 is 11.6 Å². The smallest absolute Gasteiger partial charge is 0.408 e. The zero-order chi connectivity index (χ0) is 12.7. The highest BCUT2D eigenvalue weighted by Crippen LogP contribution is 2.31. The maximum atomic E-state index is 11.9. The van der Waals surface area contributed by atoms with Gasteiger partial charge in [0.2, 0.25) is 0 Å². The average molecular weight is 264 g/mol. The molecule has 0 aromatic rings. The third-order valence-corrected chi connectivity index (χ3v) is 2.93. The lowest BCUT2D eigenvalue weighted by Crippen LogP contribution is -2.53. The summed E-state index contributed by atoms with van der Waals surface area (Å²) >= 11 is 5.41. The number of halogens is 1. The van der Waals surface area contributed by atoms with Crippen LogP contribution in [-0.2, 0) is 14.3 Å². The van der Waals surface area contributed by atoms with Gasteiger partial charge in [0.1, 0.15) is 12.1 Å². The topological polar surface area (TPSA) is 64.6 Å². The fraction of sp³-hybridized carbons (Fsp3) is 0.818. The quantitative estimate of drug-likeness (QED) is 0.607. The predicted molar refractivity (Wildman–Crippen MR) is 63.0 cm³/mol. The van der Waals surface area contributed by atoms with Crippen LogP contribution in [0.2, 0.25) is 0 Å². The molecule has 0 aromatic carbocycles. The number of nitrogens with one attached hydrogen (secondary N) is 1. The van der Waals surface area contributed by atoms with Gasteiger partial charge < -0.3 is 14.8 Å². The maximum Gasteiger partial charge on any atom is 0.408 e. The lowest BCUT2D eigenvalue weighted by molar-refractivity contribution is -0.150. The largest absolute Gasteiger partial charge is 0.464 e. The van der Waals surface area contributed by atoms with Gasteiger partial charge in [-0.15, -0.1) is 11.6 Å². The van der Waals surface area contributed by atoms with Gasteiger partial charge in [-0.25, -0.2) is 9.59 Å². The monoisotopic (exact) mass is 263 g/mol. The van der Waals surface area contributed by atoms with E-state index in [1.165, 1.54) is 0 Å². The molecule has 98 valence electrons. The van der Waals surface area contributed by atoms with Crippen LogP contribution in [0.1, 0.15) is 32.6 Å². The molecule has 0 heterocycles. The molecule has 0 atom stereocenters. The zero-order valence-corrected chi connectivity index (χ0v) is 10.7. The van der Waals surface area contributed by atoms with Gasteiger partial charge in [-0.3, -0.25) is 0 Å². The molecule has 0 bridgehead atoms. The summed E-state index contributed by atoms with van der Waals surface area (Å²) in [5, 5.41) is 2.62. The second kappa shape index (κ2) is 6.69. The number of carbonyl (C=O) groups is 2. The first-order valence-electron chi connectivity index (χ1n) is 5.83. The molecule has 0 spiro atoms. The van der Waals surface area contributed by atoms with Gasteiger partial charge in [-0.2, -0.15) is 0 Å². The Morgan fingerprint density at radius 2 is 1.94 bits per heavy atom. The highest BCUT2D eigenvalue weighted by Gasteiger charge is 2.44. The molecule has 1 aliphatic rings. The molecule has 1 amide bonds. The third kappa shape index (κ3) is 3.77. The van der Waals surface area contributed by atoms with E-state index in [2.05, 4.69) is 5.32 Å². The van der Waals surface area contributed by atoms with Crippen LogP contribution in [0.15, 0.2) is 0 Å². The number of ether oxygens (including phenoxy) is 2. The minimum atomic E-state index is -0.903. The van der Waals surface area contributed by atoms with Crippen LogP contribution < -0.4 is 5.32 Å². The highest BCUT2D eigenvalue weighted by molar-refractivity contribution is 6.18. The van der Waals surface area contributed by atoms with Gasteiger partial charge in [0.05, 0.1) is 12.5 Å². The van der Waals surface area contributed by atoms with Gasteiger partial charge in [-0.05, 0) is 19.8 Å². The minimum Gasteiger partial charge on any atom is -0.464 e. The van der Waals surface area contributed by atoms with Crippen molar-refractivity contribution in [1.82, 2.24) is 5.32 Å². The Morgan fingerprint density at radius 3 is 2.47 bits per heavy atom. The fourth-order valence-corrected chi connectivity index (χ4v) is 2.07. The number of carbonyl (C=O) groups excluding carboxylic acids is 2. The lowest BCUT2D eigenvalue weighted by Gasteiger charge is -2.27. The van der Waals surface area contributed by atoms with Crippen LogP contribution in [0.5, 0.6) is 0 Å². The van der Waals surface area contributed by atoms with Crippen LogP contribution in [0.4, 0.5) is 4.79 Å². The molecule has 5 nitrogen and oxygen atoms in total. The second-order valence-corrected chi connectivity index (χ2v) is 4.34. The number of hydrogen-bond acceptors (Lipinski definition) is 4. The SMILES string of the molecule is CCOC(=O)C1(NC(=O)OCCCl)CCCC1. The molecule has 1 N–H and O–H groups in total. The number of esters is 1. The number of alkyl halides is 1.